The predicted molar refractivity (Wildman–Crippen MR) is 98.0 cm³/mol. The quantitative estimate of drug-likeness (QED) is 0.204. The second-order valence-corrected chi connectivity index (χ2v) is 5.41. The van der Waals surface area contributed by atoms with Crippen LogP contribution < -0.4 is 22.9 Å². The monoisotopic (exact) mass is 364 g/mol. The zero-order valence-electron chi connectivity index (χ0n) is 15.2. The van der Waals surface area contributed by atoms with E-state index in [0.29, 0.717) is 38.8 Å². The number of aliphatic carboxylic acids is 2. The molecule has 0 saturated carbocycles. The topological polar surface area (TPSA) is 196 Å². The number of unbranched alkanes of at least 4 members (excludes halogenated alkanes) is 3. The molecule has 10 N–H and O–H groups in total. The highest BCUT2D eigenvalue weighted by atomic mass is 16.4. The van der Waals surface area contributed by atoms with Crippen molar-refractivity contribution in [3.05, 3.63) is 0 Å². The van der Waals surface area contributed by atoms with Crippen molar-refractivity contribution in [3.8, 4) is 0 Å². The van der Waals surface area contributed by atoms with Gasteiger partial charge in [0.2, 0.25) is 0 Å². The van der Waals surface area contributed by atoms with Gasteiger partial charge in [-0.2, -0.15) is 0 Å². The maximum absolute atomic E-state index is 10.0. The van der Waals surface area contributed by atoms with E-state index in [1.807, 2.05) is 0 Å². The van der Waals surface area contributed by atoms with Crippen molar-refractivity contribution in [1.82, 2.24) is 0 Å². The molecule has 0 bridgehead atoms. The minimum absolute atomic E-state index is 0.464. The van der Waals surface area contributed by atoms with Crippen molar-refractivity contribution in [2.45, 2.75) is 70.4 Å². The maximum Gasteiger partial charge on any atom is 0.320 e. The normalized spacial score (nSPS) is 11.9. The van der Waals surface area contributed by atoms with Crippen LogP contribution in [0.25, 0.3) is 0 Å². The van der Waals surface area contributed by atoms with Crippen LogP contribution in [-0.4, -0.2) is 53.6 Å². The number of nitrogens with two attached hydrogens (primary N) is 4. The van der Waals surface area contributed by atoms with Gasteiger partial charge >= 0.3 is 11.9 Å². The fraction of sp³-hybridized carbons (Fsp3) is 0.812. The van der Waals surface area contributed by atoms with Crippen molar-refractivity contribution < 1.29 is 24.6 Å². The highest BCUT2D eigenvalue weighted by Gasteiger charge is 2.09. The molecular weight excluding hydrogens is 328 g/mol. The lowest BCUT2D eigenvalue weighted by Crippen LogP contribution is -2.30. The summed E-state index contributed by atoms with van der Waals surface area (Å²) >= 11 is 0. The number of rotatable bonds is 12. The molecule has 2 atom stereocenters. The van der Waals surface area contributed by atoms with Gasteiger partial charge < -0.3 is 37.9 Å². The Bertz CT molecular complexity index is 306. The van der Waals surface area contributed by atoms with Crippen LogP contribution in [0.3, 0.4) is 0 Å². The van der Waals surface area contributed by atoms with Crippen LogP contribution in [0.5, 0.6) is 0 Å². The Morgan fingerprint density at radius 2 is 1.28 bits per heavy atom. The average Bonchev–Trinajstić information content (AvgIpc) is 2.58. The van der Waals surface area contributed by atoms with E-state index in [0.717, 1.165) is 19.1 Å². The van der Waals surface area contributed by atoms with E-state index in [1.54, 1.807) is 0 Å². The van der Waals surface area contributed by atoms with Gasteiger partial charge in [0.05, 0.1) is 0 Å². The number of aldehydes is 1. The van der Waals surface area contributed by atoms with Crippen LogP contribution in [0.15, 0.2) is 0 Å². The number of hydrogen-bond donors (Lipinski definition) is 6. The molecule has 9 nitrogen and oxygen atoms in total. The summed E-state index contributed by atoms with van der Waals surface area (Å²) in [7, 11) is 0. The lowest BCUT2D eigenvalue weighted by molar-refractivity contribution is -0.139. The van der Waals surface area contributed by atoms with Crippen molar-refractivity contribution in [2.24, 2.45) is 22.9 Å². The predicted octanol–water partition coefficient (Wildman–Crippen LogP) is 0.0400. The summed E-state index contributed by atoms with van der Waals surface area (Å²) in [6.07, 6.45) is 7.47. The first-order valence-electron chi connectivity index (χ1n) is 8.58. The smallest absolute Gasteiger partial charge is 0.320 e. The van der Waals surface area contributed by atoms with Gasteiger partial charge in [-0.25, -0.2) is 0 Å². The van der Waals surface area contributed by atoms with Crippen molar-refractivity contribution >= 4 is 18.2 Å². The Labute approximate surface area is 150 Å². The third-order valence-electron chi connectivity index (χ3n) is 3.00. The average molecular weight is 364 g/mol. The van der Waals surface area contributed by atoms with Crippen LogP contribution in [0, 0.1) is 0 Å². The molecule has 0 aliphatic carbocycles. The Hall–Kier alpha value is -1.55. The van der Waals surface area contributed by atoms with Crippen molar-refractivity contribution in [1.29, 1.82) is 0 Å². The minimum atomic E-state index is -0.955. The molecule has 0 aliphatic heterocycles. The molecular formula is C16H36N4O5. The molecule has 25 heavy (non-hydrogen) atoms. The highest BCUT2D eigenvalue weighted by molar-refractivity contribution is 5.73. The van der Waals surface area contributed by atoms with E-state index in [-0.39, 0.29) is 0 Å². The third-order valence-corrected chi connectivity index (χ3v) is 3.00. The minimum Gasteiger partial charge on any atom is -0.480 e. The fourth-order valence-electron chi connectivity index (χ4n) is 1.40. The first kappa shape index (κ1) is 28.3. The van der Waals surface area contributed by atoms with Gasteiger partial charge in [-0.15, -0.1) is 0 Å². The van der Waals surface area contributed by atoms with Gasteiger partial charge in [0.15, 0.2) is 0 Å². The zero-order valence-corrected chi connectivity index (χ0v) is 15.2. The number of carbonyl (C=O) groups is 3. The van der Waals surface area contributed by atoms with Gasteiger partial charge in [0, 0.05) is 6.42 Å². The molecule has 0 radical (unpaired) electrons. The van der Waals surface area contributed by atoms with E-state index in [4.69, 9.17) is 33.1 Å². The molecule has 0 amide bonds. The Morgan fingerprint density at radius 3 is 1.52 bits per heavy atom. The molecule has 0 fully saturated rings. The summed E-state index contributed by atoms with van der Waals surface area (Å²) in [5.74, 6) is -1.91. The van der Waals surface area contributed by atoms with Crippen molar-refractivity contribution in [2.75, 3.05) is 13.1 Å². The maximum atomic E-state index is 10.0. The molecule has 0 aromatic carbocycles. The lowest BCUT2D eigenvalue weighted by Gasteiger charge is -2.02. The third kappa shape index (κ3) is 27.6. The zero-order chi connectivity index (χ0) is 20.1. The molecule has 9 heteroatoms. The summed E-state index contributed by atoms with van der Waals surface area (Å²) < 4.78 is 0. The van der Waals surface area contributed by atoms with Crippen molar-refractivity contribution in [3.63, 3.8) is 0 Å². The fourth-order valence-corrected chi connectivity index (χ4v) is 1.40. The molecule has 0 unspecified atom stereocenters. The van der Waals surface area contributed by atoms with E-state index in [9.17, 15) is 14.4 Å². The first-order chi connectivity index (χ1) is 11.8. The molecule has 0 heterocycles. The van der Waals surface area contributed by atoms with E-state index in [1.165, 1.54) is 12.8 Å². The number of carbonyl (C=O) groups excluding carboxylic acids is 1. The second-order valence-electron chi connectivity index (χ2n) is 5.41. The molecule has 0 rings (SSSR count). The van der Waals surface area contributed by atoms with E-state index >= 15 is 0 Å². The number of carboxylic acid groups (broad SMARTS) is 2. The summed E-state index contributed by atoms with van der Waals surface area (Å²) in [6, 6.07) is -1.48. The van der Waals surface area contributed by atoms with Gasteiger partial charge in [-0.1, -0.05) is 19.8 Å². The number of carboxylic acids is 2. The van der Waals surface area contributed by atoms with Gasteiger partial charge in [0.25, 0.3) is 0 Å². The standard InChI is InChI=1S/C6H12O.2C5H12N2O2/c1-2-3-4-5-6-7;2*6-3-1-2-4(7)5(8)9/h6H,2-5H2,1H3;2*4H,1-3,6-7H2,(H,8,9)/t;2*4-/m.11/s1. The van der Waals surface area contributed by atoms with E-state index < -0.39 is 24.0 Å². The summed E-state index contributed by atoms with van der Waals surface area (Å²) in [6.45, 7) is 3.13. The van der Waals surface area contributed by atoms with Crippen LogP contribution in [0.4, 0.5) is 0 Å². The lowest BCUT2D eigenvalue weighted by atomic mass is 10.2. The van der Waals surface area contributed by atoms with Crippen LogP contribution in [0.1, 0.15) is 58.3 Å². The molecule has 0 saturated heterocycles. The van der Waals surface area contributed by atoms with Gasteiger partial charge in [-0.3, -0.25) is 9.59 Å². The SMILES string of the molecule is CCCCCC=O.NCCC[C@@H](N)C(=O)O.NCCC[C@@H](N)C(=O)O. The molecule has 0 aliphatic rings. The highest BCUT2D eigenvalue weighted by Crippen LogP contribution is 1.94. The Morgan fingerprint density at radius 1 is 0.880 bits per heavy atom. The molecule has 0 aromatic rings. The van der Waals surface area contributed by atoms with E-state index in [2.05, 4.69) is 6.92 Å². The Kier molecular flexibility index (Phi) is 25.4. The summed E-state index contributed by atoms with van der Waals surface area (Å²) in [4.78, 5) is 29.8. The van der Waals surface area contributed by atoms with Crippen LogP contribution in [0.2, 0.25) is 0 Å². The first-order valence-corrected chi connectivity index (χ1v) is 8.58. The van der Waals surface area contributed by atoms with Gasteiger partial charge in [0.1, 0.15) is 18.4 Å². The molecule has 0 aromatic heterocycles. The number of hydrogen-bond acceptors (Lipinski definition) is 7. The largest absolute Gasteiger partial charge is 0.480 e. The van der Waals surface area contributed by atoms with Gasteiger partial charge in [-0.05, 0) is 45.2 Å². The molecule has 150 valence electrons. The second kappa shape index (κ2) is 22.4. The Balaban J connectivity index is -0.000000293. The van der Waals surface area contributed by atoms with Crippen LogP contribution >= 0.6 is 0 Å². The molecule has 0 spiro atoms. The summed E-state index contributed by atoms with van der Waals surface area (Å²) in [5, 5.41) is 16.5. The summed E-state index contributed by atoms with van der Waals surface area (Å²) in [5.41, 5.74) is 20.6. The van der Waals surface area contributed by atoms with Crippen LogP contribution in [-0.2, 0) is 14.4 Å².